The van der Waals surface area contributed by atoms with Crippen molar-refractivity contribution in [2.24, 2.45) is 0 Å². The van der Waals surface area contributed by atoms with E-state index in [1.807, 2.05) is 0 Å². The SMILES string of the molecule is Cc1ccc(C(C)NC(C)CC2CCCCCN2)c(C)c1. The fourth-order valence-corrected chi connectivity index (χ4v) is 3.62. The lowest BCUT2D eigenvalue weighted by molar-refractivity contribution is 0.380. The van der Waals surface area contributed by atoms with Crippen LogP contribution < -0.4 is 10.6 Å². The summed E-state index contributed by atoms with van der Waals surface area (Å²) in [7, 11) is 0. The van der Waals surface area contributed by atoms with E-state index in [0.29, 0.717) is 18.1 Å². The number of hydrogen-bond donors (Lipinski definition) is 2. The highest BCUT2D eigenvalue weighted by atomic mass is 15.0. The van der Waals surface area contributed by atoms with Gasteiger partial charge in [0.2, 0.25) is 0 Å². The Morgan fingerprint density at radius 3 is 2.76 bits per heavy atom. The van der Waals surface area contributed by atoms with Gasteiger partial charge in [0.15, 0.2) is 0 Å². The highest BCUT2D eigenvalue weighted by Crippen LogP contribution is 2.20. The Balaban J connectivity index is 1.87. The zero-order valence-corrected chi connectivity index (χ0v) is 14.2. The van der Waals surface area contributed by atoms with E-state index >= 15 is 0 Å². The monoisotopic (exact) mass is 288 g/mol. The van der Waals surface area contributed by atoms with E-state index in [1.54, 1.807) is 0 Å². The van der Waals surface area contributed by atoms with Gasteiger partial charge in [-0.1, -0.05) is 36.6 Å². The third kappa shape index (κ3) is 5.12. The van der Waals surface area contributed by atoms with Crippen LogP contribution in [0.15, 0.2) is 18.2 Å². The van der Waals surface area contributed by atoms with E-state index in [2.05, 4.69) is 56.5 Å². The molecule has 0 amide bonds. The van der Waals surface area contributed by atoms with Crippen LogP contribution in [0.5, 0.6) is 0 Å². The molecule has 3 unspecified atom stereocenters. The minimum Gasteiger partial charge on any atom is -0.314 e. The van der Waals surface area contributed by atoms with Crippen molar-refractivity contribution in [1.29, 1.82) is 0 Å². The quantitative estimate of drug-likeness (QED) is 0.845. The van der Waals surface area contributed by atoms with Crippen molar-refractivity contribution in [2.75, 3.05) is 6.54 Å². The average molecular weight is 288 g/mol. The fourth-order valence-electron chi connectivity index (χ4n) is 3.62. The summed E-state index contributed by atoms with van der Waals surface area (Å²) in [5, 5.41) is 7.49. The number of hydrogen-bond acceptors (Lipinski definition) is 2. The van der Waals surface area contributed by atoms with E-state index in [-0.39, 0.29) is 0 Å². The lowest BCUT2D eigenvalue weighted by Gasteiger charge is -2.25. The molecule has 1 aliphatic heterocycles. The van der Waals surface area contributed by atoms with Gasteiger partial charge in [-0.05, 0) is 64.6 Å². The molecule has 2 heteroatoms. The van der Waals surface area contributed by atoms with Gasteiger partial charge < -0.3 is 10.6 Å². The van der Waals surface area contributed by atoms with Crippen LogP contribution in [-0.2, 0) is 0 Å². The molecule has 2 N–H and O–H groups in total. The Bertz CT molecular complexity index is 433. The molecule has 1 aromatic carbocycles. The minimum atomic E-state index is 0.423. The topological polar surface area (TPSA) is 24.1 Å². The van der Waals surface area contributed by atoms with Crippen LogP contribution in [-0.4, -0.2) is 18.6 Å². The number of rotatable bonds is 5. The van der Waals surface area contributed by atoms with Crippen molar-refractivity contribution in [3.8, 4) is 0 Å². The molecule has 0 spiro atoms. The summed E-state index contributed by atoms with van der Waals surface area (Å²) >= 11 is 0. The predicted octanol–water partition coefficient (Wildman–Crippen LogP) is 4.26. The Kier molecular flexibility index (Phi) is 6.25. The molecular formula is C19H32N2. The molecule has 0 bridgehead atoms. The molecular weight excluding hydrogens is 256 g/mol. The van der Waals surface area contributed by atoms with Crippen molar-refractivity contribution in [2.45, 2.75) is 77.9 Å². The van der Waals surface area contributed by atoms with Crippen molar-refractivity contribution < 1.29 is 0 Å². The zero-order valence-electron chi connectivity index (χ0n) is 14.2. The Morgan fingerprint density at radius 2 is 2.00 bits per heavy atom. The van der Waals surface area contributed by atoms with E-state index < -0.39 is 0 Å². The molecule has 2 rings (SSSR count). The van der Waals surface area contributed by atoms with Gasteiger partial charge in [-0.25, -0.2) is 0 Å². The molecule has 21 heavy (non-hydrogen) atoms. The summed E-state index contributed by atoms with van der Waals surface area (Å²) in [6, 6.07) is 8.45. The van der Waals surface area contributed by atoms with Gasteiger partial charge in [0.25, 0.3) is 0 Å². The molecule has 0 aromatic heterocycles. The van der Waals surface area contributed by atoms with Crippen LogP contribution in [0.3, 0.4) is 0 Å². The van der Waals surface area contributed by atoms with E-state index in [0.717, 1.165) is 0 Å². The maximum absolute atomic E-state index is 3.78. The Morgan fingerprint density at radius 1 is 1.19 bits per heavy atom. The van der Waals surface area contributed by atoms with Crippen LogP contribution in [0.4, 0.5) is 0 Å². The molecule has 2 nitrogen and oxygen atoms in total. The largest absolute Gasteiger partial charge is 0.314 e. The van der Waals surface area contributed by atoms with Gasteiger partial charge in [0.1, 0.15) is 0 Å². The molecule has 1 aliphatic rings. The van der Waals surface area contributed by atoms with Crippen molar-refractivity contribution in [3.05, 3.63) is 34.9 Å². The first-order chi connectivity index (χ1) is 10.1. The summed E-state index contributed by atoms with van der Waals surface area (Å²) in [6.07, 6.45) is 6.69. The lowest BCUT2D eigenvalue weighted by Crippen LogP contribution is -2.37. The first-order valence-electron chi connectivity index (χ1n) is 8.63. The van der Waals surface area contributed by atoms with Crippen molar-refractivity contribution in [1.82, 2.24) is 10.6 Å². The summed E-state index contributed by atoms with van der Waals surface area (Å²) in [5.41, 5.74) is 4.18. The first-order valence-corrected chi connectivity index (χ1v) is 8.63. The van der Waals surface area contributed by atoms with Gasteiger partial charge in [0, 0.05) is 18.1 Å². The second-order valence-corrected chi connectivity index (χ2v) is 6.89. The number of nitrogens with one attached hydrogen (secondary N) is 2. The van der Waals surface area contributed by atoms with Gasteiger partial charge in [0.05, 0.1) is 0 Å². The molecule has 1 heterocycles. The van der Waals surface area contributed by atoms with Crippen molar-refractivity contribution >= 4 is 0 Å². The lowest BCUT2D eigenvalue weighted by atomic mass is 9.98. The van der Waals surface area contributed by atoms with Crippen LogP contribution in [0, 0.1) is 13.8 Å². The second kappa shape index (κ2) is 7.95. The predicted molar refractivity (Wildman–Crippen MR) is 91.8 cm³/mol. The maximum atomic E-state index is 3.78. The van der Waals surface area contributed by atoms with Crippen LogP contribution in [0.2, 0.25) is 0 Å². The van der Waals surface area contributed by atoms with Crippen molar-refractivity contribution in [3.63, 3.8) is 0 Å². The fraction of sp³-hybridized carbons (Fsp3) is 0.684. The highest BCUT2D eigenvalue weighted by Gasteiger charge is 2.17. The smallest absolute Gasteiger partial charge is 0.0296 e. The van der Waals surface area contributed by atoms with E-state index in [4.69, 9.17) is 0 Å². The van der Waals surface area contributed by atoms with Crippen LogP contribution >= 0.6 is 0 Å². The Labute approximate surface area is 130 Å². The molecule has 1 saturated heterocycles. The van der Waals surface area contributed by atoms with Gasteiger partial charge >= 0.3 is 0 Å². The summed E-state index contributed by atoms with van der Waals surface area (Å²) in [6.45, 7) is 10.2. The average Bonchev–Trinajstić information content (AvgIpc) is 2.66. The van der Waals surface area contributed by atoms with E-state index in [9.17, 15) is 0 Å². The molecule has 118 valence electrons. The normalized spacial score (nSPS) is 22.6. The third-order valence-corrected chi connectivity index (χ3v) is 4.73. The minimum absolute atomic E-state index is 0.423. The van der Waals surface area contributed by atoms with Gasteiger partial charge in [-0.3, -0.25) is 0 Å². The Hall–Kier alpha value is -0.860. The van der Waals surface area contributed by atoms with E-state index in [1.165, 1.54) is 55.3 Å². The first kappa shape index (κ1) is 16.5. The maximum Gasteiger partial charge on any atom is 0.0296 e. The highest BCUT2D eigenvalue weighted by molar-refractivity contribution is 5.32. The molecule has 0 aliphatic carbocycles. The summed E-state index contributed by atoms with van der Waals surface area (Å²) in [4.78, 5) is 0. The molecule has 1 aromatic rings. The molecule has 0 saturated carbocycles. The molecule has 3 atom stereocenters. The number of benzene rings is 1. The van der Waals surface area contributed by atoms with Crippen LogP contribution in [0.25, 0.3) is 0 Å². The second-order valence-electron chi connectivity index (χ2n) is 6.89. The van der Waals surface area contributed by atoms with Crippen LogP contribution in [0.1, 0.15) is 68.7 Å². The van der Waals surface area contributed by atoms with Gasteiger partial charge in [-0.2, -0.15) is 0 Å². The molecule has 1 fully saturated rings. The molecule has 0 radical (unpaired) electrons. The van der Waals surface area contributed by atoms with Gasteiger partial charge in [-0.15, -0.1) is 0 Å². The third-order valence-electron chi connectivity index (χ3n) is 4.73. The summed E-state index contributed by atoms with van der Waals surface area (Å²) in [5.74, 6) is 0. The standard InChI is InChI=1S/C19H32N2/c1-14-9-10-19(15(2)12-14)17(4)21-16(3)13-18-8-6-5-7-11-20-18/h9-10,12,16-18,20-21H,5-8,11,13H2,1-4H3. The zero-order chi connectivity index (χ0) is 15.2. The summed E-state index contributed by atoms with van der Waals surface area (Å²) < 4.78 is 0. The number of aryl methyl sites for hydroxylation is 2.